The smallest absolute Gasteiger partial charge is 0.321 e. The van der Waals surface area contributed by atoms with Crippen LogP contribution in [0.5, 0.6) is 0 Å². The van der Waals surface area contributed by atoms with Gasteiger partial charge < -0.3 is 19.9 Å². The molecule has 4 rings (SSSR count). The predicted molar refractivity (Wildman–Crippen MR) is 100 cm³/mol. The number of piperazine rings is 1. The number of anilines is 1. The number of nitrogens with zero attached hydrogens (tertiary/aromatic N) is 6. The van der Waals surface area contributed by atoms with E-state index in [4.69, 9.17) is 4.74 Å². The van der Waals surface area contributed by atoms with E-state index in [0.717, 1.165) is 24.1 Å². The fourth-order valence-corrected chi connectivity index (χ4v) is 3.47. The van der Waals surface area contributed by atoms with Gasteiger partial charge in [0.1, 0.15) is 12.4 Å². The lowest BCUT2D eigenvalue weighted by Gasteiger charge is -2.35. The van der Waals surface area contributed by atoms with Gasteiger partial charge in [-0.15, -0.1) is 5.10 Å². The van der Waals surface area contributed by atoms with Gasteiger partial charge in [0.15, 0.2) is 0 Å². The standard InChI is InChI=1S/C18H23N7O3/c1-13-4-5-14(25-12-19-21-22-25)11-15(13)20-18(27)24-8-6-23(7-9-24)17(26)16-3-2-10-28-16/h4-5,11-12,16H,2-3,6-10H2,1H3,(H,20,27). The number of carbonyl (C=O) groups excluding carboxylic acids is 2. The first-order valence-electron chi connectivity index (χ1n) is 9.42. The molecule has 1 atom stereocenters. The number of carbonyl (C=O) groups is 2. The van der Waals surface area contributed by atoms with E-state index in [1.54, 1.807) is 9.80 Å². The number of urea groups is 1. The summed E-state index contributed by atoms with van der Waals surface area (Å²) in [7, 11) is 0. The second kappa shape index (κ2) is 7.93. The van der Waals surface area contributed by atoms with Gasteiger partial charge >= 0.3 is 6.03 Å². The molecule has 2 fully saturated rings. The van der Waals surface area contributed by atoms with Crippen molar-refractivity contribution in [1.29, 1.82) is 0 Å². The number of amides is 3. The molecule has 0 aliphatic carbocycles. The van der Waals surface area contributed by atoms with Gasteiger partial charge in [0.2, 0.25) is 0 Å². The van der Waals surface area contributed by atoms with Crippen LogP contribution in [-0.4, -0.2) is 80.8 Å². The lowest BCUT2D eigenvalue weighted by molar-refractivity contribution is -0.142. The summed E-state index contributed by atoms with van der Waals surface area (Å²) >= 11 is 0. The maximum atomic E-state index is 12.7. The predicted octanol–water partition coefficient (Wildman–Crippen LogP) is 0.826. The van der Waals surface area contributed by atoms with Crippen molar-refractivity contribution in [3.8, 4) is 5.69 Å². The molecule has 10 nitrogen and oxygen atoms in total. The monoisotopic (exact) mass is 385 g/mol. The second-order valence-electron chi connectivity index (χ2n) is 7.00. The molecule has 2 aromatic rings. The average molecular weight is 385 g/mol. The molecule has 10 heteroatoms. The summed E-state index contributed by atoms with van der Waals surface area (Å²) in [5, 5.41) is 14.1. The van der Waals surface area contributed by atoms with Gasteiger partial charge in [-0.3, -0.25) is 4.79 Å². The number of nitrogens with one attached hydrogen (secondary N) is 1. The van der Waals surface area contributed by atoms with E-state index >= 15 is 0 Å². The summed E-state index contributed by atoms with van der Waals surface area (Å²) in [6, 6.07) is 5.45. The Kier molecular flexibility index (Phi) is 5.20. The number of rotatable bonds is 3. The number of hydrogen-bond acceptors (Lipinski definition) is 6. The van der Waals surface area contributed by atoms with E-state index in [-0.39, 0.29) is 18.0 Å². The fraction of sp³-hybridized carbons (Fsp3) is 0.500. The number of hydrogen-bond donors (Lipinski definition) is 1. The van der Waals surface area contributed by atoms with Gasteiger partial charge in [0.25, 0.3) is 5.91 Å². The van der Waals surface area contributed by atoms with E-state index in [9.17, 15) is 9.59 Å². The Morgan fingerprint density at radius 2 is 1.96 bits per heavy atom. The molecule has 148 valence electrons. The van der Waals surface area contributed by atoms with E-state index < -0.39 is 0 Å². The van der Waals surface area contributed by atoms with Crippen LogP contribution in [0.4, 0.5) is 10.5 Å². The lowest BCUT2D eigenvalue weighted by Crippen LogP contribution is -2.53. The van der Waals surface area contributed by atoms with Crippen LogP contribution in [0.25, 0.3) is 5.69 Å². The zero-order valence-electron chi connectivity index (χ0n) is 15.7. The van der Waals surface area contributed by atoms with Gasteiger partial charge in [-0.25, -0.2) is 9.48 Å². The van der Waals surface area contributed by atoms with Crippen molar-refractivity contribution in [1.82, 2.24) is 30.0 Å². The van der Waals surface area contributed by atoms with Gasteiger partial charge in [-0.1, -0.05) is 6.07 Å². The highest BCUT2D eigenvalue weighted by Gasteiger charge is 2.31. The van der Waals surface area contributed by atoms with Gasteiger partial charge in [0.05, 0.1) is 5.69 Å². The van der Waals surface area contributed by atoms with Crippen LogP contribution in [0.1, 0.15) is 18.4 Å². The Labute approximate surface area is 162 Å². The van der Waals surface area contributed by atoms with E-state index in [0.29, 0.717) is 38.5 Å². The first kappa shape index (κ1) is 18.4. The van der Waals surface area contributed by atoms with Crippen molar-refractivity contribution in [2.45, 2.75) is 25.9 Å². The Morgan fingerprint density at radius 1 is 1.18 bits per heavy atom. The van der Waals surface area contributed by atoms with Crippen LogP contribution < -0.4 is 5.32 Å². The van der Waals surface area contributed by atoms with Crippen LogP contribution in [0.15, 0.2) is 24.5 Å². The Morgan fingerprint density at radius 3 is 2.64 bits per heavy atom. The lowest BCUT2D eigenvalue weighted by atomic mass is 10.2. The molecule has 1 N–H and O–H groups in total. The van der Waals surface area contributed by atoms with Gasteiger partial charge in [-0.05, 0) is 47.9 Å². The van der Waals surface area contributed by atoms with Crippen molar-refractivity contribution in [3.05, 3.63) is 30.1 Å². The van der Waals surface area contributed by atoms with Crippen LogP contribution in [0, 0.1) is 6.92 Å². The van der Waals surface area contributed by atoms with E-state index in [2.05, 4.69) is 20.8 Å². The molecular formula is C18H23N7O3. The topological polar surface area (TPSA) is 105 Å². The molecule has 3 heterocycles. The first-order valence-corrected chi connectivity index (χ1v) is 9.42. The molecule has 0 saturated carbocycles. The van der Waals surface area contributed by atoms with Crippen molar-refractivity contribution in [2.24, 2.45) is 0 Å². The van der Waals surface area contributed by atoms with Gasteiger partial charge in [-0.2, -0.15) is 0 Å². The molecule has 1 unspecified atom stereocenters. The molecule has 2 aliphatic rings. The summed E-state index contributed by atoms with van der Waals surface area (Å²) in [5.74, 6) is 0.0440. The van der Waals surface area contributed by atoms with Crippen molar-refractivity contribution >= 4 is 17.6 Å². The fourth-order valence-electron chi connectivity index (χ4n) is 3.47. The zero-order chi connectivity index (χ0) is 19.5. The van der Waals surface area contributed by atoms with Crippen LogP contribution in [0.2, 0.25) is 0 Å². The SMILES string of the molecule is Cc1ccc(-n2cnnn2)cc1NC(=O)N1CCN(C(=O)C2CCCO2)CC1. The molecule has 0 spiro atoms. The maximum Gasteiger partial charge on any atom is 0.321 e. The zero-order valence-corrected chi connectivity index (χ0v) is 15.7. The number of aromatic nitrogens is 4. The number of ether oxygens (including phenoxy) is 1. The Hall–Kier alpha value is -3.01. The van der Waals surface area contributed by atoms with Crippen LogP contribution in [0.3, 0.4) is 0 Å². The highest BCUT2D eigenvalue weighted by atomic mass is 16.5. The minimum atomic E-state index is -0.308. The molecule has 1 aromatic carbocycles. The molecule has 0 bridgehead atoms. The molecular weight excluding hydrogens is 362 g/mol. The maximum absolute atomic E-state index is 12.7. The third kappa shape index (κ3) is 3.81. The minimum absolute atomic E-state index is 0.0440. The molecule has 3 amide bonds. The summed E-state index contributed by atoms with van der Waals surface area (Å²) in [5.41, 5.74) is 2.41. The molecule has 1 aromatic heterocycles. The van der Waals surface area contributed by atoms with Crippen molar-refractivity contribution in [2.75, 3.05) is 38.1 Å². The van der Waals surface area contributed by atoms with E-state index in [1.165, 1.54) is 11.0 Å². The first-order chi connectivity index (χ1) is 13.6. The highest BCUT2D eigenvalue weighted by molar-refractivity contribution is 5.91. The van der Waals surface area contributed by atoms with Crippen LogP contribution in [-0.2, 0) is 9.53 Å². The number of benzene rings is 1. The highest BCUT2D eigenvalue weighted by Crippen LogP contribution is 2.20. The number of tetrazole rings is 1. The summed E-state index contributed by atoms with van der Waals surface area (Å²) in [6.07, 6.45) is 2.91. The quantitative estimate of drug-likeness (QED) is 0.839. The summed E-state index contributed by atoms with van der Waals surface area (Å²) in [4.78, 5) is 28.6. The molecule has 2 saturated heterocycles. The molecule has 2 aliphatic heterocycles. The minimum Gasteiger partial charge on any atom is -0.368 e. The summed E-state index contributed by atoms with van der Waals surface area (Å²) < 4.78 is 7.01. The normalized spacial score (nSPS) is 19.7. The Bertz CT molecular complexity index is 841. The largest absolute Gasteiger partial charge is 0.368 e. The second-order valence-corrected chi connectivity index (χ2v) is 7.00. The van der Waals surface area contributed by atoms with Crippen LogP contribution >= 0.6 is 0 Å². The Balaban J connectivity index is 1.36. The van der Waals surface area contributed by atoms with Gasteiger partial charge in [0, 0.05) is 38.5 Å². The average Bonchev–Trinajstić information content (AvgIpc) is 3.43. The third-order valence-electron chi connectivity index (χ3n) is 5.16. The molecule has 28 heavy (non-hydrogen) atoms. The third-order valence-corrected chi connectivity index (χ3v) is 5.16. The number of aryl methyl sites for hydroxylation is 1. The van der Waals surface area contributed by atoms with Crippen molar-refractivity contribution < 1.29 is 14.3 Å². The summed E-state index contributed by atoms with van der Waals surface area (Å²) in [6.45, 7) is 4.62. The molecule has 0 radical (unpaired) electrons. The van der Waals surface area contributed by atoms with Crippen molar-refractivity contribution in [3.63, 3.8) is 0 Å². The van der Waals surface area contributed by atoms with E-state index in [1.807, 2.05) is 25.1 Å².